The second-order valence-corrected chi connectivity index (χ2v) is 15.9. The molecule has 3 aromatic heterocycles. The van der Waals surface area contributed by atoms with Crippen molar-refractivity contribution in [3.8, 4) is 33.4 Å². The number of thiophene rings is 1. The van der Waals surface area contributed by atoms with Crippen LogP contribution < -0.4 is 4.90 Å². The Morgan fingerprint density at radius 3 is 1.79 bits per heavy atom. The Morgan fingerprint density at radius 1 is 0.362 bits per heavy atom. The summed E-state index contributed by atoms with van der Waals surface area (Å²) in [6, 6.07) is 71.3. The molecule has 0 radical (unpaired) electrons. The molecular weight excluding hydrogens is 727 g/mol. The van der Waals surface area contributed by atoms with Crippen molar-refractivity contribution in [2.45, 2.75) is 0 Å². The zero-order valence-electron chi connectivity index (χ0n) is 31.2. The van der Waals surface area contributed by atoms with Gasteiger partial charge in [-0.05, 0) is 70.3 Å². The van der Waals surface area contributed by atoms with Crippen LogP contribution in [0.4, 0.5) is 17.1 Å². The predicted octanol–water partition coefficient (Wildman–Crippen LogP) is 16.3. The maximum absolute atomic E-state index is 6.80. The van der Waals surface area contributed by atoms with Crippen molar-refractivity contribution in [1.82, 2.24) is 0 Å². The van der Waals surface area contributed by atoms with Gasteiger partial charge < -0.3 is 13.7 Å². The summed E-state index contributed by atoms with van der Waals surface area (Å²) in [5, 5.41) is 6.75. The quantitative estimate of drug-likeness (QED) is 0.169. The van der Waals surface area contributed by atoms with Crippen LogP contribution in [0.2, 0.25) is 0 Å². The highest BCUT2D eigenvalue weighted by Crippen LogP contribution is 2.51. The Kier molecular flexibility index (Phi) is 7.40. The number of fused-ring (bicyclic) bond motifs is 9. The van der Waals surface area contributed by atoms with Crippen LogP contribution >= 0.6 is 11.3 Å². The molecule has 0 amide bonds. The van der Waals surface area contributed by atoms with Gasteiger partial charge >= 0.3 is 0 Å². The first-order valence-corrected chi connectivity index (χ1v) is 20.4. The van der Waals surface area contributed by atoms with E-state index in [1.54, 1.807) is 0 Å². The van der Waals surface area contributed by atoms with E-state index in [2.05, 4.69) is 193 Å². The summed E-state index contributed by atoms with van der Waals surface area (Å²) in [5.41, 5.74) is 13.6. The molecule has 0 saturated carbocycles. The first-order chi connectivity index (χ1) is 28.8. The first kappa shape index (κ1) is 32.8. The van der Waals surface area contributed by atoms with E-state index in [0.29, 0.717) is 0 Å². The standard InChI is InChI=1S/C54H33NO2S/c1-4-14-34(15-5-1)37-26-28-44-50(32-37)58-54-40(36-18-8-3-9-19-36)29-30-46(51(44)54)55(47-24-13-23-42-41-20-10-11-25-48(41)57-53(42)47)38-27-31-49-45(33-38)43-22-12-21-39(52(43)56-49)35-16-6-2-7-17-35/h1-33H. The number of rotatable bonds is 6. The van der Waals surface area contributed by atoms with E-state index in [1.807, 2.05) is 23.5 Å². The number of benzene rings is 9. The van der Waals surface area contributed by atoms with Gasteiger partial charge in [0.2, 0.25) is 0 Å². The largest absolute Gasteiger partial charge is 0.455 e. The molecule has 4 heteroatoms. The molecule has 12 rings (SSSR count). The lowest BCUT2D eigenvalue weighted by molar-refractivity contribution is 0.669. The third-order valence-electron chi connectivity index (χ3n) is 11.5. The number of anilines is 3. The normalized spacial score (nSPS) is 11.8. The molecule has 3 heterocycles. The summed E-state index contributed by atoms with van der Waals surface area (Å²) in [6.45, 7) is 0. The number of furan rings is 2. The Morgan fingerprint density at radius 2 is 1.00 bits per heavy atom. The summed E-state index contributed by atoms with van der Waals surface area (Å²) in [5.74, 6) is 0. The van der Waals surface area contributed by atoms with Crippen LogP contribution in [0.3, 0.4) is 0 Å². The SMILES string of the molecule is c1ccc(-c2ccc3c(c2)sc2c(-c4ccccc4)ccc(N(c4ccc5oc6c(-c7ccccc7)cccc6c5c4)c4cccc5c4oc4ccccc45)c23)cc1. The van der Waals surface area contributed by atoms with Crippen LogP contribution in [0.15, 0.2) is 209 Å². The zero-order chi connectivity index (χ0) is 38.2. The summed E-state index contributed by atoms with van der Waals surface area (Å²) in [4.78, 5) is 2.40. The van der Waals surface area contributed by atoms with Gasteiger partial charge in [-0.2, -0.15) is 0 Å². The van der Waals surface area contributed by atoms with E-state index >= 15 is 0 Å². The Balaban J connectivity index is 1.16. The topological polar surface area (TPSA) is 29.5 Å². The van der Waals surface area contributed by atoms with Crippen molar-refractivity contribution < 1.29 is 8.83 Å². The molecule has 0 aliphatic heterocycles. The second-order valence-electron chi connectivity index (χ2n) is 14.8. The highest BCUT2D eigenvalue weighted by Gasteiger charge is 2.25. The van der Waals surface area contributed by atoms with Crippen LogP contribution in [-0.4, -0.2) is 0 Å². The van der Waals surface area contributed by atoms with Crippen LogP contribution in [0.5, 0.6) is 0 Å². The van der Waals surface area contributed by atoms with E-state index < -0.39 is 0 Å². The summed E-state index contributed by atoms with van der Waals surface area (Å²) < 4.78 is 16.0. The van der Waals surface area contributed by atoms with E-state index in [0.717, 1.165) is 72.1 Å². The van der Waals surface area contributed by atoms with E-state index in [-0.39, 0.29) is 0 Å². The molecule has 0 fully saturated rings. The van der Waals surface area contributed by atoms with Gasteiger partial charge in [0.15, 0.2) is 5.58 Å². The van der Waals surface area contributed by atoms with E-state index in [4.69, 9.17) is 8.83 Å². The molecule has 0 aliphatic carbocycles. The fraction of sp³-hybridized carbons (Fsp3) is 0. The molecule has 0 bridgehead atoms. The van der Waals surface area contributed by atoms with E-state index in [1.165, 1.54) is 42.4 Å². The molecule has 0 atom stereocenters. The van der Waals surface area contributed by atoms with Crippen molar-refractivity contribution in [1.29, 1.82) is 0 Å². The van der Waals surface area contributed by atoms with Crippen molar-refractivity contribution in [2.75, 3.05) is 4.90 Å². The predicted molar refractivity (Wildman–Crippen MR) is 245 cm³/mol. The van der Waals surface area contributed by atoms with Crippen molar-refractivity contribution >= 4 is 92.4 Å². The highest BCUT2D eigenvalue weighted by molar-refractivity contribution is 7.26. The molecule has 0 saturated heterocycles. The lowest BCUT2D eigenvalue weighted by Gasteiger charge is -2.27. The molecule has 0 N–H and O–H groups in total. The Bertz CT molecular complexity index is 3510. The van der Waals surface area contributed by atoms with Gasteiger partial charge in [-0.25, -0.2) is 0 Å². The minimum Gasteiger partial charge on any atom is -0.455 e. The van der Waals surface area contributed by atoms with Gasteiger partial charge in [-0.15, -0.1) is 11.3 Å². The molecule has 3 nitrogen and oxygen atoms in total. The summed E-state index contributed by atoms with van der Waals surface area (Å²) in [7, 11) is 0. The Labute approximate surface area is 338 Å². The van der Waals surface area contributed by atoms with Crippen molar-refractivity contribution in [3.63, 3.8) is 0 Å². The number of nitrogens with zero attached hydrogens (tertiary/aromatic N) is 1. The van der Waals surface area contributed by atoms with Crippen LogP contribution in [0.1, 0.15) is 0 Å². The smallest absolute Gasteiger partial charge is 0.159 e. The lowest BCUT2D eigenvalue weighted by Crippen LogP contribution is -2.10. The minimum atomic E-state index is 0.846. The summed E-state index contributed by atoms with van der Waals surface area (Å²) >= 11 is 1.86. The fourth-order valence-electron chi connectivity index (χ4n) is 8.79. The highest BCUT2D eigenvalue weighted by atomic mass is 32.1. The number of hydrogen-bond acceptors (Lipinski definition) is 4. The second kappa shape index (κ2) is 13.1. The van der Waals surface area contributed by atoms with Crippen LogP contribution in [0, 0.1) is 0 Å². The minimum absolute atomic E-state index is 0.846. The van der Waals surface area contributed by atoms with Crippen LogP contribution in [-0.2, 0) is 0 Å². The van der Waals surface area contributed by atoms with Gasteiger partial charge in [0.1, 0.15) is 16.7 Å². The van der Waals surface area contributed by atoms with Gasteiger partial charge in [0.05, 0.1) is 11.4 Å². The molecule has 0 spiro atoms. The maximum atomic E-state index is 6.80. The van der Waals surface area contributed by atoms with Crippen molar-refractivity contribution in [3.05, 3.63) is 200 Å². The average molecular weight is 760 g/mol. The lowest BCUT2D eigenvalue weighted by atomic mass is 9.98. The monoisotopic (exact) mass is 759 g/mol. The molecule has 0 aliphatic rings. The molecule has 9 aromatic carbocycles. The molecule has 58 heavy (non-hydrogen) atoms. The average Bonchev–Trinajstić information content (AvgIpc) is 3.99. The van der Waals surface area contributed by atoms with Gasteiger partial charge in [-0.3, -0.25) is 0 Å². The molecule has 272 valence electrons. The van der Waals surface area contributed by atoms with Gasteiger partial charge in [-0.1, -0.05) is 158 Å². The van der Waals surface area contributed by atoms with Gasteiger partial charge in [0, 0.05) is 53.0 Å². The molecular formula is C54H33NO2S. The molecule has 0 unspecified atom stereocenters. The third-order valence-corrected chi connectivity index (χ3v) is 12.7. The van der Waals surface area contributed by atoms with Crippen molar-refractivity contribution in [2.24, 2.45) is 0 Å². The maximum Gasteiger partial charge on any atom is 0.159 e. The third kappa shape index (κ3) is 5.12. The van der Waals surface area contributed by atoms with Crippen LogP contribution in [0.25, 0.3) is 97.4 Å². The first-order valence-electron chi connectivity index (χ1n) is 19.6. The summed E-state index contributed by atoms with van der Waals surface area (Å²) in [6.07, 6.45) is 0. The fourth-order valence-corrected chi connectivity index (χ4v) is 10.1. The van der Waals surface area contributed by atoms with E-state index in [9.17, 15) is 0 Å². The van der Waals surface area contributed by atoms with Gasteiger partial charge in [0.25, 0.3) is 0 Å². The molecule has 12 aromatic rings. The Hall–Kier alpha value is -7.40. The number of para-hydroxylation sites is 3. The zero-order valence-corrected chi connectivity index (χ0v) is 32.0. The number of hydrogen-bond donors (Lipinski definition) is 0.